The van der Waals surface area contributed by atoms with E-state index in [1.54, 1.807) is 13.8 Å². The van der Waals surface area contributed by atoms with E-state index >= 15 is 0 Å². The lowest BCUT2D eigenvalue weighted by atomic mass is 10.2. The Balaban J connectivity index is 3.60. The van der Waals surface area contributed by atoms with Crippen LogP contribution in [0.4, 0.5) is 10.5 Å². The summed E-state index contributed by atoms with van der Waals surface area (Å²) in [6.45, 7) is 4.28. The largest absolute Gasteiger partial charge is 0.492 e. The lowest BCUT2D eigenvalue weighted by molar-refractivity contribution is 0.251. The molecule has 0 aliphatic rings. The van der Waals surface area contributed by atoms with E-state index in [0.29, 0.717) is 13.2 Å². The van der Waals surface area contributed by atoms with Crippen molar-refractivity contribution in [3.8, 4) is 11.5 Å². The highest BCUT2D eigenvalue weighted by Crippen LogP contribution is 2.46. The number of rotatable bonds is 5. The van der Waals surface area contributed by atoms with Gasteiger partial charge in [-0.05, 0) is 13.8 Å². The van der Waals surface area contributed by atoms with E-state index in [1.807, 2.05) is 0 Å². The van der Waals surface area contributed by atoms with Gasteiger partial charge in [0.1, 0.15) is 21.5 Å². The van der Waals surface area contributed by atoms with Crippen molar-refractivity contribution in [3.05, 3.63) is 16.1 Å². The first-order chi connectivity index (χ1) is 10.4. The Morgan fingerprint density at radius 3 is 2.05 bits per heavy atom. The molecule has 0 heterocycles. The molecule has 0 atom stereocenters. The average Bonchev–Trinajstić information content (AvgIpc) is 2.47. The molecule has 0 bridgehead atoms. The van der Waals surface area contributed by atoms with Gasteiger partial charge < -0.3 is 20.5 Å². The van der Waals surface area contributed by atoms with Crippen LogP contribution < -0.4 is 25.4 Å². The highest BCUT2D eigenvalue weighted by atomic mass is 35.5. The lowest BCUT2D eigenvalue weighted by Crippen LogP contribution is -2.46. The first-order valence-electron chi connectivity index (χ1n) is 6.52. The van der Waals surface area contributed by atoms with Crippen LogP contribution in [0.5, 0.6) is 11.5 Å². The molecule has 122 valence electrons. The van der Waals surface area contributed by atoms with Gasteiger partial charge in [0.25, 0.3) is 0 Å². The Morgan fingerprint density at radius 1 is 1.27 bits per heavy atom. The van der Waals surface area contributed by atoms with Crippen molar-refractivity contribution in [3.63, 3.8) is 0 Å². The molecule has 1 aromatic rings. The van der Waals surface area contributed by atoms with Crippen LogP contribution in [0.3, 0.4) is 0 Å². The monoisotopic (exact) mass is 348 g/mol. The number of nitrogens with two attached hydrogens (primary N) is 1. The minimum absolute atomic E-state index is 0.0320. The predicted molar refractivity (Wildman–Crippen MR) is 87.6 cm³/mol. The quantitative estimate of drug-likeness (QED) is 0.562. The second-order valence-corrected chi connectivity index (χ2v) is 4.75. The van der Waals surface area contributed by atoms with E-state index in [4.69, 9.17) is 43.8 Å². The molecule has 1 rings (SSSR count). The van der Waals surface area contributed by atoms with Crippen molar-refractivity contribution in [2.24, 2.45) is 5.73 Å². The number of nitrogens with zero attached hydrogens (tertiary/aromatic N) is 1. The molecule has 0 spiro atoms. The molecule has 0 saturated heterocycles. The molecule has 4 N–H and O–H groups in total. The topological polar surface area (TPSA) is 101 Å². The maximum Gasteiger partial charge on any atom is 0.328 e. The van der Waals surface area contributed by atoms with Crippen LogP contribution in [0.25, 0.3) is 0 Å². The van der Waals surface area contributed by atoms with Gasteiger partial charge in [-0.3, -0.25) is 5.41 Å². The standard InChI is InChI=1S/C13H18Cl2N4O3/c1-4-21-7-6-8(22-5-2)10(15)11(9(7)14)19(12(16)17)13(20)18-3/h6H,4-5H2,1-3H3,(H3,16,17)(H,18,20). The minimum Gasteiger partial charge on any atom is -0.492 e. The summed E-state index contributed by atoms with van der Waals surface area (Å²) in [5, 5.41) is 10.1. The summed E-state index contributed by atoms with van der Waals surface area (Å²) in [4.78, 5) is 12.8. The molecule has 0 aromatic heterocycles. The van der Waals surface area contributed by atoms with Crippen LogP contribution in [0.2, 0.25) is 10.0 Å². The highest BCUT2D eigenvalue weighted by molar-refractivity contribution is 6.43. The third-order valence-corrected chi connectivity index (χ3v) is 3.32. The van der Waals surface area contributed by atoms with Crippen LogP contribution in [0, 0.1) is 5.41 Å². The number of carbonyl (C=O) groups is 1. The van der Waals surface area contributed by atoms with Crippen molar-refractivity contribution >= 4 is 40.9 Å². The van der Waals surface area contributed by atoms with Crippen LogP contribution in [-0.4, -0.2) is 32.3 Å². The smallest absolute Gasteiger partial charge is 0.328 e. The number of halogens is 2. The maximum absolute atomic E-state index is 12.0. The van der Waals surface area contributed by atoms with Crippen LogP contribution in [0.15, 0.2) is 6.07 Å². The van der Waals surface area contributed by atoms with Gasteiger partial charge in [-0.25, -0.2) is 9.69 Å². The van der Waals surface area contributed by atoms with E-state index in [1.165, 1.54) is 13.1 Å². The van der Waals surface area contributed by atoms with Crippen molar-refractivity contribution in [2.45, 2.75) is 13.8 Å². The summed E-state index contributed by atoms with van der Waals surface area (Å²) < 4.78 is 10.8. The van der Waals surface area contributed by atoms with Gasteiger partial charge in [0.05, 0.1) is 18.9 Å². The number of amides is 2. The van der Waals surface area contributed by atoms with Gasteiger partial charge in [0.15, 0.2) is 0 Å². The highest BCUT2D eigenvalue weighted by Gasteiger charge is 2.28. The number of anilines is 1. The molecule has 0 aliphatic carbocycles. The first-order valence-corrected chi connectivity index (χ1v) is 7.27. The third kappa shape index (κ3) is 3.66. The molecule has 0 radical (unpaired) electrons. The number of hydrogen-bond acceptors (Lipinski definition) is 4. The fraction of sp³-hybridized carbons (Fsp3) is 0.385. The SMILES string of the molecule is CCOc1cc(OCC)c(Cl)c(N(C(=N)N)C(=O)NC)c1Cl. The van der Waals surface area contributed by atoms with Crippen molar-refractivity contribution in [1.82, 2.24) is 5.32 Å². The molecule has 7 nitrogen and oxygen atoms in total. The summed E-state index contributed by atoms with van der Waals surface area (Å²) in [5.41, 5.74) is 5.51. The van der Waals surface area contributed by atoms with Gasteiger partial charge >= 0.3 is 6.03 Å². The number of guanidine groups is 1. The number of carbonyl (C=O) groups excluding carboxylic acids is 1. The van der Waals surface area contributed by atoms with Crippen LogP contribution in [-0.2, 0) is 0 Å². The molecule has 22 heavy (non-hydrogen) atoms. The number of hydrogen-bond donors (Lipinski definition) is 3. The first kappa shape index (κ1) is 18.2. The van der Waals surface area contributed by atoms with Gasteiger partial charge in [-0.2, -0.15) is 0 Å². The zero-order valence-corrected chi connectivity index (χ0v) is 14.0. The summed E-state index contributed by atoms with van der Waals surface area (Å²) in [6, 6.07) is 0.871. The molecular formula is C13H18Cl2N4O3. The predicted octanol–water partition coefficient (Wildman–Crippen LogP) is 2.83. The van der Waals surface area contributed by atoms with Crippen molar-refractivity contribution < 1.29 is 14.3 Å². The number of urea groups is 1. The summed E-state index contributed by atoms with van der Waals surface area (Å²) in [7, 11) is 1.40. The second-order valence-electron chi connectivity index (χ2n) is 3.99. The van der Waals surface area contributed by atoms with E-state index in [2.05, 4.69) is 5.32 Å². The number of ether oxygens (including phenoxy) is 2. The fourth-order valence-electron chi connectivity index (χ4n) is 1.74. The average molecular weight is 349 g/mol. The summed E-state index contributed by atoms with van der Waals surface area (Å²) in [5.74, 6) is 0.0172. The Morgan fingerprint density at radius 2 is 1.73 bits per heavy atom. The minimum atomic E-state index is -0.660. The number of nitrogens with one attached hydrogen (secondary N) is 2. The normalized spacial score (nSPS) is 10.0. The van der Waals surface area contributed by atoms with E-state index in [9.17, 15) is 4.79 Å². The van der Waals surface area contributed by atoms with E-state index in [0.717, 1.165) is 4.90 Å². The Kier molecular flexibility index (Phi) is 6.58. The lowest BCUT2D eigenvalue weighted by Gasteiger charge is -2.24. The van der Waals surface area contributed by atoms with Crippen molar-refractivity contribution in [1.29, 1.82) is 5.41 Å². The van der Waals surface area contributed by atoms with Gasteiger partial charge in [0, 0.05) is 13.1 Å². The molecule has 1 aromatic carbocycles. The third-order valence-electron chi connectivity index (χ3n) is 2.59. The van der Waals surface area contributed by atoms with Crippen molar-refractivity contribution in [2.75, 3.05) is 25.2 Å². The van der Waals surface area contributed by atoms with Gasteiger partial charge in [-0.1, -0.05) is 23.2 Å². The maximum atomic E-state index is 12.0. The zero-order chi connectivity index (χ0) is 16.9. The molecule has 9 heteroatoms. The fourth-order valence-corrected chi connectivity index (χ4v) is 2.36. The van der Waals surface area contributed by atoms with Crippen LogP contribution >= 0.6 is 23.2 Å². The summed E-state index contributed by atoms with van der Waals surface area (Å²) in [6.07, 6.45) is 0. The second kappa shape index (κ2) is 7.95. The molecule has 0 aliphatic heterocycles. The van der Waals surface area contributed by atoms with Gasteiger partial charge in [-0.15, -0.1) is 0 Å². The number of benzene rings is 1. The van der Waals surface area contributed by atoms with E-state index in [-0.39, 0.29) is 27.2 Å². The molecule has 0 unspecified atom stereocenters. The Hall–Kier alpha value is -1.86. The molecular weight excluding hydrogens is 331 g/mol. The molecule has 2 amide bonds. The Bertz CT molecular complexity index is 551. The Labute approximate surface area is 138 Å². The van der Waals surface area contributed by atoms with Gasteiger partial charge in [0.2, 0.25) is 5.96 Å². The molecule has 0 saturated carbocycles. The van der Waals surface area contributed by atoms with Crippen LogP contribution in [0.1, 0.15) is 13.8 Å². The summed E-state index contributed by atoms with van der Waals surface area (Å²) >= 11 is 12.5. The zero-order valence-electron chi connectivity index (χ0n) is 12.5. The van der Waals surface area contributed by atoms with E-state index < -0.39 is 12.0 Å². The molecule has 0 fully saturated rings.